The van der Waals surface area contributed by atoms with Gasteiger partial charge in [0.15, 0.2) is 4.90 Å². The largest absolute Gasteiger partial charge is 0.330 e. The Kier molecular flexibility index (Phi) is 6.84. The topological polar surface area (TPSA) is 115 Å². The van der Waals surface area contributed by atoms with E-state index < -0.39 is 31.3 Å². The summed E-state index contributed by atoms with van der Waals surface area (Å²) < 4.78 is 39.0. The van der Waals surface area contributed by atoms with E-state index in [-0.39, 0.29) is 25.5 Å². The van der Waals surface area contributed by atoms with Gasteiger partial charge in [0, 0.05) is 12.6 Å². The van der Waals surface area contributed by atoms with Crippen LogP contribution in [0.3, 0.4) is 0 Å². The van der Waals surface area contributed by atoms with Crippen molar-refractivity contribution < 1.29 is 17.7 Å². The third kappa shape index (κ3) is 4.39. The number of nitro benzene ring substituents is 1. The molecule has 0 saturated carbocycles. The molecule has 0 heterocycles. The van der Waals surface area contributed by atoms with E-state index in [9.17, 15) is 22.9 Å². The maximum atomic E-state index is 13.5. The molecule has 3 N–H and O–H groups in total. The van der Waals surface area contributed by atoms with Crippen LogP contribution in [0.5, 0.6) is 0 Å². The van der Waals surface area contributed by atoms with Gasteiger partial charge < -0.3 is 5.73 Å². The minimum absolute atomic E-state index is 0. The molecule has 0 unspecified atom stereocenters. The van der Waals surface area contributed by atoms with Crippen molar-refractivity contribution in [2.75, 3.05) is 13.1 Å². The van der Waals surface area contributed by atoms with Crippen LogP contribution in [-0.2, 0) is 10.0 Å². The summed E-state index contributed by atoms with van der Waals surface area (Å²) >= 11 is 0. The van der Waals surface area contributed by atoms with Crippen molar-refractivity contribution in [3.63, 3.8) is 0 Å². The number of nitrogens with one attached hydrogen (secondary N) is 1. The van der Waals surface area contributed by atoms with Crippen LogP contribution in [0.4, 0.5) is 10.1 Å². The molecule has 10 heteroatoms. The van der Waals surface area contributed by atoms with Crippen LogP contribution in [0.15, 0.2) is 23.1 Å². The quantitative estimate of drug-likeness (QED) is 0.457. The number of hydrogen-bond acceptors (Lipinski definition) is 5. The molecule has 0 radical (unpaired) electrons. The molecule has 19 heavy (non-hydrogen) atoms. The van der Waals surface area contributed by atoms with Crippen LogP contribution < -0.4 is 10.5 Å². The van der Waals surface area contributed by atoms with Crippen molar-refractivity contribution >= 4 is 28.1 Å². The first-order valence-corrected chi connectivity index (χ1v) is 6.51. The number of hydrogen-bond donors (Lipinski definition) is 2. The van der Waals surface area contributed by atoms with Crippen LogP contribution in [0.25, 0.3) is 0 Å². The third-order valence-electron chi connectivity index (χ3n) is 2.08. The van der Waals surface area contributed by atoms with Gasteiger partial charge in [-0.25, -0.2) is 17.5 Å². The van der Waals surface area contributed by atoms with E-state index in [0.717, 1.165) is 18.2 Å². The number of nitro groups is 1. The first kappa shape index (κ1) is 17.7. The molecule has 0 bridgehead atoms. The van der Waals surface area contributed by atoms with Gasteiger partial charge in [0.05, 0.1) is 4.92 Å². The van der Waals surface area contributed by atoms with Crippen LogP contribution in [0, 0.1) is 15.9 Å². The summed E-state index contributed by atoms with van der Waals surface area (Å²) in [6.45, 7) is 0.242. The molecule has 0 fully saturated rings. The van der Waals surface area contributed by atoms with Crippen molar-refractivity contribution in [3.8, 4) is 0 Å². The zero-order chi connectivity index (χ0) is 13.8. The van der Waals surface area contributed by atoms with Gasteiger partial charge in [-0.05, 0) is 19.0 Å². The summed E-state index contributed by atoms with van der Waals surface area (Å²) in [6, 6.07) is 2.86. The van der Waals surface area contributed by atoms with Gasteiger partial charge in [0.25, 0.3) is 5.69 Å². The summed E-state index contributed by atoms with van der Waals surface area (Å²) in [5, 5.41) is 10.7. The maximum Gasteiger partial charge on any atom is 0.292 e. The van der Waals surface area contributed by atoms with Gasteiger partial charge in [-0.15, -0.1) is 12.4 Å². The molecule has 0 aliphatic heterocycles. The third-order valence-corrected chi connectivity index (χ3v) is 3.61. The molecule has 108 valence electrons. The van der Waals surface area contributed by atoms with E-state index in [2.05, 4.69) is 4.72 Å². The Balaban J connectivity index is 0.00000324. The fraction of sp³-hybridized carbons (Fsp3) is 0.333. The highest BCUT2D eigenvalue weighted by atomic mass is 35.5. The summed E-state index contributed by atoms with van der Waals surface area (Å²) in [5.41, 5.74) is 4.39. The molecule has 1 aromatic carbocycles. The first-order valence-electron chi connectivity index (χ1n) is 5.03. The second kappa shape index (κ2) is 7.34. The Labute approximate surface area is 115 Å². The van der Waals surface area contributed by atoms with E-state index in [4.69, 9.17) is 5.73 Å². The first-order chi connectivity index (χ1) is 8.40. The lowest BCUT2D eigenvalue weighted by molar-refractivity contribution is -0.388. The number of rotatable bonds is 6. The number of nitrogens with zero attached hydrogens (tertiary/aromatic N) is 1. The van der Waals surface area contributed by atoms with E-state index >= 15 is 0 Å². The average molecular weight is 314 g/mol. The number of nitrogens with two attached hydrogens (primary N) is 1. The monoisotopic (exact) mass is 313 g/mol. The standard InChI is InChI=1S/C9H12FN3O4S.ClH/c10-7-3-1-4-8(13(14)15)9(7)18(16,17)12-6-2-5-11;/h1,3-4,12H,2,5-6,11H2;1H. The molecule has 0 spiro atoms. The summed E-state index contributed by atoms with van der Waals surface area (Å²) in [5.74, 6) is -1.16. The fourth-order valence-corrected chi connectivity index (χ4v) is 2.59. The molecule has 1 rings (SSSR count). The average Bonchev–Trinajstić information content (AvgIpc) is 2.28. The molecular weight excluding hydrogens is 301 g/mol. The van der Waals surface area contributed by atoms with E-state index in [0.29, 0.717) is 6.42 Å². The van der Waals surface area contributed by atoms with Crippen molar-refractivity contribution in [2.45, 2.75) is 11.3 Å². The molecule has 1 aromatic rings. The highest BCUT2D eigenvalue weighted by molar-refractivity contribution is 7.89. The van der Waals surface area contributed by atoms with Gasteiger partial charge in [-0.2, -0.15) is 0 Å². The Morgan fingerprint density at radius 3 is 2.58 bits per heavy atom. The molecule has 0 aliphatic carbocycles. The zero-order valence-corrected chi connectivity index (χ0v) is 11.3. The predicted molar refractivity (Wildman–Crippen MR) is 69.2 cm³/mol. The minimum atomic E-state index is -4.26. The van der Waals surface area contributed by atoms with Gasteiger partial charge in [-0.1, -0.05) is 6.07 Å². The predicted octanol–water partition coefficient (Wildman–Crippen LogP) is 0.783. The van der Waals surface area contributed by atoms with E-state index in [1.165, 1.54) is 0 Å². The smallest absolute Gasteiger partial charge is 0.292 e. The Morgan fingerprint density at radius 2 is 2.05 bits per heavy atom. The Morgan fingerprint density at radius 1 is 1.42 bits per heavy atom. The van der Waals surface area contributed by atoms with Gasteiger partial charge in [0.2, 0.25) is 10.0 Å². The van der Waals surface area contributed by atoms with Crippen LogP contribution in [0.2, 0.25) is 0 Å². The van der Waals surface area contributed by atoms with Gasteiger partial charge in [-0.3, -0.25) is 10.1 Å². The number of benzene rings is 1. The molecular formula is C9H13ClFN3O4S. The van der Waals surface area contributed by atoms with Crippen molar-refractivity contribution in [1.82, 2.24) is 4.72 Å². The second-order valence-electron chi connectivity index (χ2n) is 3.39. The molecule has 7 nitrogen and oxygen atoms in total. The minimum Gasteiger partial charge on any atom is -0.330 e. The summed E-state index contributed by atoms with van der Waals surface area (Å²) in [4.78, 5) is 8.78. The second-order valence-corrected chi connectivity index (χ2v) is 5.09. The van der Waals surface area contributed by atoms with Crippen LogP contribution >= 0.6 is 12.4 Å². The molecule has 0 saturated heterocycles. The lowest BCUT2D eigenvalue weighted by atomic mass is 10.3. The SMILES string of the molecule is Cl.NCCCNS(=O)(=O)c1c(F)cccc1[N+](=O)[O-]. The molecule has 0 amide bonds. The summed E-state index contributed by atoms with van der Waals surface area (Å²) in [7, 11) is -4.26. The number of sulfonamides is 1. The maximum absolute atomic E-state index is 13.5. The van der Waals surface area contributed by atoms with Gasteiger partial charge in [0.1, 0.15) is 5.82 Å². The zero-order valence-electron chi connectivity index (χ0n) is 9.71. The van der Waals surface area contributed by atoms with Crippen LogP contribution in [-0.4, -0.2) is 26.4 Å². The fourth-order valence-electron chi connectivity index (χ4n) is 1.29. The van der Waals surface area contributed by atoms with E-state index in [1.807, 2.05) is 0 Å². The van der Waals surface area contributed by atoms with Crippen LogP contribution in [0.1, 0.15) is 6.42 Å². The van der Waals surface area contributed by atoms with Crippen molar-refractivity contribution in [3.05, 3.63) is 34.1 Å². The highest BCUT2D eigenvalue weighted by Gasteiger charge is 2.29. The summed E-state index contributed by atoms with van der Waals surface area (Å²) in [6.07, 6.45) is 0.349. The van der Waals surface area contributed by atoms with Crippen molar-refractivity contribution in [1.29, 1.82) is 0 Å². The highest BCUT2D eigenvalue weighted by Crippen LogP contribution is 2.25. The lowest BCUT2D eigenvalue weighted by Crippen LogP contribution is -2.27. The Hall–Kier alpha value is -1.29. The lowest BCUT2D eigenvalue weighted by Gasteiger charge is -2.07. The van der Waals surface area contributed by atoms with Crippen molar-refractivity contribution in [2.24, 2.45) is 5.73 Å². The molecule has 0 atom stereocenters. The molecule has 0 aromatic heterocycles. The normalized spacial score (nSPS) is 10.8. The molecule has 0 aliphatic rings. The number of halogens is 2. The van der Waals surface area contributed by atoms with Gasteiger partial charge >= 0.3 is 0 Å². The Bertz CT molecular complexity index is 552. The van der Waals surface area contributed by atoms with E-state index in [1.54, 1.807) is 0 Å².